The highest BCUT2D eigenvalue weighted by Gasteiger charge is 2.28. The average molecular weight is 331 g/mol. The van der Waals surface area contributed by atoms with Crippen molar-refractivity contribution in [1.82, 2.24) is 4.90 Å². The molecule has 1 aromatic carbocycles. The molecule has 2 rings (SSSR count). The molecule has 2 unspecified atom stereocenters. The van der Waals surface area contributed by atoms with Gasteiger partial charge in [-0.3, -0.25) is 4.79 Å². The third-order valence-electron chi connectivity index (χ3n) is 3.13. The first-order valence-corrected chi connectivity index (χ1v) is 6.90. The fourth-order valence-corrected chi connectivity index (χ4v) is 2.37. The molecule has 0 spiro atoms. The fraction of sp³-hybridized carbons (Fsp3) is 0.462. The molecule has 1 aliphatic heterocycles. The van der Waals surface area contributed by atoms with Crippen LogP contribution in [0.1, 0.15) is 17.3 Å². The average Bonchev–Trinajstić information content (AvgIpc) is 2.41. The van der Waals surface area contributed by atoms with E-state index in [2.05, 4.69) is 15.9 Å². The fourth-order valence-electron chi connectivity index (χ4n) is 2.01. The predicted molar refractivity (Wildman–Crippen MR) is 73.4 cm³/mol. The summed E-state index contributed by atoms with van der Waals surface area (Å²) < 4.78 is 19.9. The van der Waals surface area contributed by atoms with E-state index < -0.39 is 5.82 Å². The van der Waals surface area contributed by atoms with Crippen molar-refractivity contribution in [3.63, 3.8) is 0 Å². The maximum Gasteiger partial charge on any atom is 0.257 e. The molecule has 0 bridgehead atoms. The van der Waals surface area contributed by atoms with E-state index >= 15 is 0 Å². The molecule has 1 aromatic rings. The highest BCUT2D eigenvalue weighted by Crippen LogP contribution is 2.19. The first-order chi connectivity index (χ1) is 8.99. The summed E-state index contributed by atoms with van der Waals surface area (Å²) in [4.78, 5) is 13.9. The van der Waals surface area contributed by atoms with Gasteiger partial charge in [-0.25, -0.2) is 4.39 Å². The van der Waals surface area contributed by atoms with Gasteiger partial charge in [0.15, 0.2) is 0 Å². The first kappa shape index (κ1) is 14.4. The third kappa shape index (κ3) is 3.32. The Hall–Kier alpha value is -0.980. The molecule has 0 aliphatic carbocycles. The molecule has 0 saturated carbocycles. The normalized spacial score (nSPS) is 21.3. The standard InChI is InChI=1S/C13H16BrFN2O2/c1-8(16)12-7-17(4-5-19-12)13(18)10-6-9(14)2-3-11(10)15/h2-3,6,8,12H,4-5,7,16H2,1H3. The molecule has 19 heavy (non-hydrogen) atoms. The summed E-state index contributed by atoms with van der Waals surface area (Å²) >= 11 is 3.24. The van der Waals surface area contributed by atoms with Crippen molar-refractivity contribution in [2.45, 2.75) is 19.1 Å². The summed E-state index contributed by atoms with van der Waals surface area (Å²) in [7, 11) is 0. The molecule has 4 nitrogen and oxygen atoms in total. The van der Waals surface area contributed by atoms with Crippen LogP contribution in [-0.2, 0) is 4.74 Å². The topological polar surface area (TPSA) is 55.6 Å². The molecule has 2 N–H and O–H groups in total. The van der Waals surface area contributed by atoms with E-state index in [1.807, 2.05) is 6.92 Å². The van der Waals surface area contributed by atoms with Gasteiger partial charge in [0, 0.05) is 23.6 Å². The van der Waals surface area contributed by atoms with Crippen LogP contribution in [0.15, 0.2) is 22.7 Å². The molecule has 1 fully saturated rings. The van der Waals surface area contributed by atoms with Gasteiger partial charge < -0.3 is 15.4 Å². The minimum atomic E-state index is -0.517. The van der Waals surface area contributed by atoms with Crippen LogP contribution in [0.5, 0.6) is 0 Å². The molecule has 104 valence electrons. The van der Waals surface area contributed by atoms with Gasteiger partial charge in [-0.05, 0) is 25.1 Å². The Balaban J connectivity index is 2.17. The lowest BCUT2D eigenvalue weighted by atomic mass is 10.1. The van der Waals surface area contributed by atoms with Gasteiger partial charge in [0.05, 0.1) is 18.3 Å². The molecular formula is C13H16BrFN2O2. The molecule has 0 aromatic heterocycles. The lowest BCUT2D eigenvalue weighted by Gasteiger charge is -2.34. The largest absolute Gasteiger partial charge is 0.373 e. The first-order valence-electron chi connectivity index (χ1n) is 6.10. The summed E-state index contributed by atoms with van der Waals surface area (Å²) in [6.45, 7) is 3.10. The second-order valence-corrected chi connectivity index (χ2v) is 5.56. The number of amides is 1. The minimum absolute atomic E-state index is 0.0692. The molecule has 0 radical (unpaired) electrons. The maximum atomic E-state index is 13.7. The summed E-state index contributed by atoms with van der Waals surface area (Å²) in [6.07, 6.45) is -0.201. The van der Waals surface area contributed by atoms with Gasteiger partial charge in [-0.15, -0.1) is 0 Å². The van der Waals surface area contributed by atoms with E-state index in [9.17, 15) is 9.18 Å². The molecule has 1 heterocycles. The molecular weight excluding hydrogens is 315 g/mol. The van der Waals surface area contributed by atoms with Crippen LogP contribution in [0.2, 0.25) is 0 Å². The smallest absolute Gasteiger partial charge is 0.257 e. The van der Waals surface area contributed by atoms with E-state index in [0.717, 1.165) is 0 Å². The predicted octanol–water partition coefficient (Wildman–Crippen LogP) is 1.78. The van der Waals surface area contributed by atoms with Crippen LogP contribution < -0.4 is 5.73 Å². The van der Waals surface area contributed by atoms with Gasteiger partial charge in [-0.2, -0.15) is 0 Å². The summed E-state index contributed by atoms with van der Waals surface area (Å²) in [5, 5.41) is 0. The number of ether oxygens (including phenoxy) is 1. The number of morpholine rings is 1. The Bertz CT molecular complexity index is 482. The SMILES string of the molecule is CC(N)C1CN(C(=O)c2cc(Br)ccc2F)CCO1. The molecule has 1 saturated heterocycles. The molecule has 2 atom stereocenters. The number of nitrogens with two attached hydrogens (primary N) is 1. The second-order valence-electron chi connectivity index (χ2n) is 4.64. The molecule has 6 heteroatoms. The second kappa shape index (κ2) is 5.98. The number of hydrogen-bond acceptors (Lipinski definition) is 3. The number of halogens is 2. The number of benzene rings is 1. The van der Waals surface area contributed by atoms with Crippen LogP contribution in [0, 0.1) is 5.82 Å². The van der Waals surface area contributed by atoms with Gasteiger partial charge >= 0.3 is 0 Å². The molecule has 1 aliphatic rings. The third-order valence-corrected chi connectivity index (χ3v) is 3.62. The Kier molecular flexibility index (Phi) is 4.54. The number of carbonyl (C=O) groups excluding carboxylic acids is 1. The monoisotopic (exact) mass is 330 g/mol. The Morgan fingerprint density at radius 3 is 3.05 bits per heavy atom. The van der Waals surface area contributed by atoms with E-state index in [4.69, 9.17) is 10.5 Å². The highest BCUT2D eigenvalue weighted by molar-refractivity contribution is 9.10. The lowest BCUT2D eigenvalue weighted by molar-refractivity contribution is -0.0301. The Morgan fingerprint density at radius 2 is 2.37 bits per heavy atom. The Labute approximate surface area is 119 Å². The van der Waals surface area contributed by atoms with Gasteiger partial charge in [-0.1, -0.05) is 15.9 Å². The van der Waals surface area contributed by atoms with Crippen molar-refractivity contribution < 1.29 is 13.9 Å². The summed E-state index contributed by atoms with van der Waals surface area (Å²) in [6, 6.07) is 4.17. The van der Waals surface area contributed by atoms with E-state index in [0.29, 0.717) is 24.2 Å². The van der Waals surface area contributed by atoms with Crippen LogP contribution in [-0.4, -0.2) is 42.6 Å². The van der Waals surface area contributed by atoms with Crippen molar-refractivity contribution in [3.8, 4) is 0 Å². The Morgan fingerprint density at radius 1 is 1.63 bits per heavy atom. The number of hydrogen-bond donors (Lipinski definition) is 1. The highest BCUT2D eigenvalue weighted by atomic mass is 79.9. The van der Waals surface area contributed by atoms with Gasteiger partial charge in [0.2, 0.25) is 0 Å². The minimum Gasteiger partial charge on any atom is -0.373 e. The zero-order valence-corrected chi connectivity index (χ0v) is 12.2. The zero-order chi connectivity index (χ0) is 14.0. The number of nitrogens with zero attached hydrogens (tertiary/aromatic N) is 1. The lowest BCUT2D eigenvalue weighted by Crippen LogP contribution is -2.51. The van der Waals surface area contributed by atoms with Gasteiger partial charge in [0.1, 0.15) is 5.82 Å². The molecule has 1 amide bonds. The summed E-state index contributed by atoms with van der Waals surface area (Å²) in [5.41, 5.74) is 5.85. The van der Waals surface area contributed by atoms with E-state index in [-0.39, 0.29) is 23.6 Å². The van der Waals surface area contributed by atoms with Crippen LogP contribution in [0.25, 0.3) is 0 Å². The summed E-state index contributed by atoms with van der Waals surface area (Å²) in [5.74, 6) is -0.843. The quantitative estimate of drug-likeness (QED) is 0.899. The van der Waals surface area contributed by atoms with Crippen molar-refractivity contribution >= 4 is 21.8 Å². The number of carbonyl (C=O) groups is 1. The van der Waals surface area contributed by atoms with E-state index in [1.54, 1.807) is 11.0 Å². The van der Waals surface area contributed by atoms with Crippen molar-refractivity contribution in [1.29, 1.82) is 0 Å². The van der Waals surface area contributed by atoms with Crippen LogP contribution in [0.4, 0.5) is 4.39 Å². The van der Waals surface area contributed by atoms with Crippen molar-refractivity contribution in [2.24, 2.45) is 5.73 Å². The van der Waals surface area contributed by atoms with Gasteiger partial charge in [0.25, 0.3) is 5.91 Å². The van der Waals surface area contributed by atoms with Crippen LogP contribution in [0.3, 0.4) is 0 Å². The number of rotatable bonds is 2. The van der Waals surface area contributed by atoms with Crippen molar-refractivity contribution in [3.05, 3.63) is 34.1 Å². The van der Waals surface area contributed by atoms with Crippen molar-refractivity contribution in [2.75, 3.05) is 19.7 Å². The van der Waals surface area contributed by atoms with E-state index in [1.165, 1.54) is 12.1 Å². The maximum absolute atomic E-state index is 13.7. The van der Waals surface area contributed by atoms with Crippen LogP contribution >= 0.6 is 15.9 Å². The zero-order valence-electron chi connectivity index (χ0n) is 10.6.